The summed E-state index contributed by atoms with van der Waals surface area (Å²) >= 11 is 0. The van der Waals surface area contributed by atoms with Crippen LogP contribution in [0.25, 0.3) is 0 Å². The summed E-state index contributed by atoms with van der Waals surface area (Å²) in [4.78, 5) is 22.3. The second kappa shape index (κ2) is 1.94. The molecule has 0 radical (unpaired) electrons. The predicted molar refractivity (Wildman–Crippen MR) is 39.1 cm³/mol. The number of carbonyl (C=O) groups excluding carboxylic acids is 2. The quantitative estimate of drug-likeness (QED) is 0.529. The first kappa shape index (κ1) is 7.98. The van der Waals surface area contributed by atoms with Gasteiger partial charge in [-0.1, -0.05) is 0 Å². The summed E-state index contributed by atoms with van der Waals surface area (Å²) in [6, 6.07) is 0. The van der Waals surface area contributed by atoms with Crippen LogP contribution in [0, 0.1) is 5.41 Å². The maximum Gasteiger partial charge on any atom is 0.210 e. The van der Waals surface area contributed by atoms with Crippen LogP contribution in [0.3, 0.4) is 0 Å². The first-order chi connectivity index (χ1) is 4.89. The third-order valence-corrected chi connectivity index (χ3v) is 2.05. The average Bonchev–Trinajstić information content (AvgIpc) is 2.06. The standard InChI is InChI=1S/C8H10O3/c1-4-5(9)7(11)8(2,3)6(4)10/h9H,1-3H3. The molecule has 3 nitrogen and oxygen atoms in total. The minimum Gasteiger partial charge on any atom is -0.504 e. The fraction of sp³-hybridized carbons (Fsp3) is 0.500. The number of carbonyl (C=O) groups is 2. The van der Waals surface area contributed by atoms with Gasteiger partial charge in [0, 0.05) is 5.57 Å². The van der Waals surface area contributed by atoms with E-state index in [0.29, 0.717) is 0 Å². The maximum absolute atomic E-state index is 11.2. The molecule has 0 saturated heterocycles. The summed E-state index contributed by atoms with van der Waals surface area (Å²) in [5.41, 5.74) is -0.867. The van der Waals surface area contributed by atoms with E-state index in [-0.39, 0.29) is 17.1 Å². The molecule has 1 N–H and O–H groups in total. The largest absolute Gasteiger partial charge is 0.504 e. The molecular weight excluding hydrogens is 144 g/mol. The zero-order valence-corrected chi connectivity index (χ0v) is 6.76. The summed E-state index contributed by atoms with van der Waals surface area (Å²) < 4.78 is 0. The van der Waals surface area contributed by atoms with Crippen molar-refractivity contribution in [3.63, 3.8) is 0 Å². The van der Waals surface area contributed by atoms with Crippen LogP contribution in [0.2, 0.25) is 0 Å². The molecule has 1 aliphatic rings. The molecule has 0 aromatic rings. The van der Waals surface area contributed by atoms with Crippen LogP contribution >= 0.6 is 0 Å². The number of aliphatic hydroxyl groups is 1. The molecule has 3 heteroatoms. The lowest BCUT2D eigenvalue weighted by Gasteiger charge is -2.11. The number of Topliss-reactive ketones (excluding diaryl/α,β-unsaturated/α-hetero) is 2. The molecule has 0 spiro atoms. The van der Waals surface area contributed by atoms with Gasteiger partial charge in [0.15, 0.2) is 11.5 Å². The van der Waals surface area contributed by atoms with Crippen LogP contribution in [0.5, 0.6) is 0 Å². The minimum atomic E-state index is -1.05. The van der Waals surface area contributed by atoms with Crippen molar-refractivity contribution in [2.75, 3.05) is 0 Å². The van der Waals surface area contributed by atoms with E-state index in [1.165, 1.54) is 20.8 Å². The van der Waals surface area contributed by atoms with Crippen molar-refractivity contribution >= 4 is 11.6 Å². The lowest BCUT2D eigenvalue weighted by atomic mass is 9.87. The van der Waals surface area contributed by atoms with Gasteiger partial charge in [0.1, 0.15) is 0 Å². The number of hydrogen-bond acceptors (Lipinski definition) is 3. The van der Waals surface area contributed by atoms with Gasteiger partial charge >= 0.3 is 0 Å². The van der Waals surface area contributed by atoms with Gasteiger partial charge in [-0.2, -0.15) is 0 Å². The van der Waals surface area contributed by atoms with E-state index in [1.54, 1.807) is 0 Å². The molecule has 0 amide bonds. The Morgan fingerprint density at radius 3 is 1.73 bits per heavy atom. The van der Waals surface area contributed by atoms with Crippen molar-refractivity contribution in [2.45, 2.75) is 20.8 Å². The second-order valence-electron chi connectivity index (χ2n) is 3.26. The number of allylic oxidation sites excluding steroid dienone is 2. The van der Waals surface area contributed by atoms with Gasteiger partial charge in [-0.15, -0.1) is 0 Å². The van der Waals surface area contributed by atoms with Gasteiger partial charge in [0.05, 0.1) is 5.41 Å². The van der Waals surface area contributed by atoms with Gasteiger partial charge < -0.3 is 5.11 Å². The highest BCUT2D eigenvalue weighted by atomic mass is 16.3. The molecule has 1 rings (SSSR count). The number of hydrogen-bond donors (Lipinski definition) is 1. The van der Waals surface area contributed by atoms with E-state index >= 15 is 0 Å². The van der Waals surface area contributed by atoms with Crippen LogP contribution in [0.15, 0.2) is 11.3 Å². The van der Waals surface area contributed by atoms with Crippen molar-refractivity contribution in [1.82, 2.24) is 0 Å². The van der Waals surface area contributed by atoms with Crippen molar-refractivity contribution in [2.24, 2.45) is 5.41 Å². The summed E-state index contributed by atoms with van der Waals surface area (Å²) in [5, 5.41) is 9.08. The monoisotopic (exact) mass is 154 g/mol. The van der Waals surface area contributed by atoms with Crippen molar-refractivity contribution in [3.05, 3.63) is 11.3 Å². The van der Waals surface area contributed by atoms with Crippen LogP contribution in [0.4, 0.5) is 0 Å². The second-order valence-corrected chi connectivity index (χ2v) is 3.26. The lowest BCUT2D eigenvalue weighted by molar-refractivity contribution is -0.132. The Balaban J connectivity index is 3.24. The fourth-order valence-corrected chi connectivity index (χ4v) is 1.15. The van der Waals surface area contributed by atoms with Crippen molar-refractivity contribution < 1.29 is 14.7 Å². The summed E-state index contributed by atoms with van der Waals surface area (Å²) in [5.74, 6) is -1.12. The Hall–Kier alpha value is -1.12. The van der Waals surface area contributed by atoms with Gasteiger partial charge in [-0.25, -0.2) is 0 Å². The zero-order chi connectivity index (χ0) is 8.81. The van der Waals surface area contributed by atoms with Crippen LogP contribution in [-0.4, -0.2) is 16.7 Å². The van der Waals surface area contributed by atoms with Gasteiger partial charge in [0.2, 0.25) is 5.78 Å². The van der Waals surface area contributed by atoms with E-state index in [2.05, 4.69) is 0 Å². The highest BCUT2D eigenvalue weighted by Gasteiger charge is 2.46. The third-order valence-electron chi connectivity index (χ3n) is 2.05. The minimum absolute atomic E-state index is 0.181. The Morgan fingerprint density at radius 2 is 1.64 bits per heavy atom. The van der Waals surface area contributed by atoms with E-state index in [9.17, 15) is 9.59 Å². The molecule has 0 bridgehead atoms. The Kier molecular flexibility index (Phi) is 1.40. The van der Waals surface area contributed by atoms with E-state index in [4.69, 9.17) is 5.11 Å². The fourth-order valence-electron chi connectivity index (χ4n) is 1.15. The summed E-state index contributed by atoms with van der Waals surface area (Å²) in [6.07, 6.45) is 0. The Bertz CT molecular complexity index is 245. The van der Waals surface area contributed by atoms with Gasteiger partial charge in [0.25, 0.3) is 0 Å². The number of rotatable bonds is 0. The molecule has 60 valence electrons. The maximum atomic E-state index is 11.2. The van der Waals surface area contributed by atoms with E-state index in [1.807, 2.05) is 0 Å². The molecule has 0 aromatic carbocycles. The first-order valence-electron chi connectivity index (χ1n) is 3.38. The molecule has 1 aliphatic carbocycles. The van der Waals surface area contributed by atoms with Crippen LogP contribution < -0.4 is 0 Å². The van der Waals surface area contributed by atoms with Crippen LogP contribution in [0.1, 0.15) is 20.8 Å². The average molecular weight is 154 g/mol. The topological polar surface area (TPSA) is 54.4 Å². The van der Waals surface area contributed by atoms with Crippen molar-refractivity contribution in [3.8, 4) is 0 Å². The lowest BCUT2D eigenvalue weighted by Crippen LogP contribution is -2.27. The SMILES string of the molecule is CC1=C(O)C(=O)C(C)(C)C1=O. The molecular formula is C8H10O3. The van der Waals surface area contributed by atoms with Crippen molar-refractivity contribution in [1.29, 1.82) is 0 Å². The molecule has 0 unspecified atom stereocenters. The molecule has 0 heterocycles. The normalized spacial score (nSPS) is 23.2. The molecule has 11 heavy (non-hydrogen) atoms. The Morgan fingerprint density at radius 1 is 1.18 bits per heavy atom. The van der Waals surface area contributed by atoms with Gasteiger partial charge in [-0.3, -0.25) is 9.59 Å². The van der Waals surface area contributed by atoms with Gasteiger partial charge in [-0.05, 0) is 20.8 Å². The third kappa shape index (κ3) is 0.803. The smallest absolute Gasteiger partial charge is 0.210 e. The van der Waals surface area contributed by atoms with Crippen LogP contribution in [-0.2, 0) is 9.59 Å². The molecule has 0 atom stereocenters. The predicted octanol–water partition coefficient (Wildman–Crippen LogP) is 0.996. The summed E-state index contributed by atoms with van der Waals surface area (Å²) in [7, 11) is 0. The first-order valence-corrected chi connectivity index (χ1v) is 3.38. The highest BCUT2D eigenvalue weighted by Crippen LogP contribution is 2.32. The number of aliphatic hydroxyl groups excluding tert-OH is 1. The Labute approximate surface area is 64.7 Å². The molecule has 0 aliphatic heterocycles. The van der Waals surface area contributed by atoms with E-state index in [0.717, 1.165) is 0 Å². The molecule has 0 aromatic heterocycles. The summed E-state index contributed by atoms with van der Waals surface area (Å²) in [6.45, 7) is 4.50. The van der Waals surface area contributed by atoms with E-state index < -0.39 is 11.2 Å². The molecule has 0 fully saturated rings. The zero-order valence-electron chi connectivity index (χ0n) is 6.76. The molecule has 0 saturated carbocycles. The number of ketones is 2. The highest BCUT2D eigenvalue weighted by molar-refractivity contribution is 6.25.